The van der Waals surface area contributed by atoms with Crippen LogP contribution in [0.4, 0.5) is 11.9 Å². The summed E-state index contributed by atoms with van der Waals surface area (Å²) in [6, 6.07) is 0. The smallest absolute Gasteiger partial charge is 0.228 e. The topological polar surface area (TPSA) is 62.7 Å². The number of hydrogen-bond donors (Lipinski definition) is 3. The number of hydrogen-bond acceptors (Lipinski definition) is 6. The fourth-order valence-electron chi connectivity index (χ4n) is 0.850. The summed E-state index contributed by atoms with van der Waals surface area (Å²) >= 11 is 4.07. The fraction of sp³-hybridized carbons (Fsp3) is 0.222. The van der Waals surface area contributed by atoms with Gasteiger partial charge < -0.3 is 10.6 Å². The summed E-state index contributed by atoms with van der Waals surface area (Å²) in [6.07, 6.45) is 3.44. The average molecular weight is 223 g/mol. The monoisotopic (exact) mass is 223 g/mol. The van der Waals surface area contributed by atoms with Crippen molar-refractivity contribution in [3.8, 4) is 0 Å². The highest BCUT2D eigenvalue weighted by atomic mass is 32.1. The second-order valence-corrected chi connectivity index (χ2v) is 3.02. The van der Waals surface area contributed by atoms with Gasteiger partial charge in [0.2, 0.25) is 11.9 Å². The predicted molar refractivity (Wildman–Crippen MR) is 64.5 cm³/mol. The Morgan fingerprint density at radius 1 is 1.00 bits per heavy atom. The summed E-state index contributed by atoms with van der Waals surface area (Å²) in [5, 5.41) is 6.28. The number of rotatable bonds is 6. The normalized spacial score (nSPS) is 9.40. The van der Waals surface area contributed by atoms with Gasteiger partial charge in [-0.2, -0.15) is 15.0 Å². The van der Waals surface area contributed by atoms with E-state index < -0.39 is 0 Å². The van der Waals surface area contributed by atoms with Crippen molar-refractivity contribution in [2.75, 3.05) is 23.7 Å². The fourth-order valence-corrected chi connectivity index (χ4v) is 1.04. The van der Waals surface area contributed by atoms with E-state index >= 15 is 0 Å². The molecule has 0 atom stereocenters. The predicted octanol–water partition coefficient (Wildman–Crippen LogP) is 1.36. The Labute approximate surface area is 94.2 Å². The molecular weight excluding hydrogens is 210 g/mol. The van der Waals surface area contributed by atoms with E-state index in [4.69, 9.17) is 0 Å². The minimum atomic E-state index is 0.364. The standard InChI is InChI=1S/C9H13N5S/c1-3-5-10-7-12-8(11-6-4-2)14-9(15)13-7/h3-4H,1-2,5-6H2,(H3,10,11,12,13,14,15). The van der Waals surface area contributed by atoms with E-state index in [2.05, 4.69) is 51.4 Å². The Morgan fingerprint density at radius 2 is 1.47 bits per heavy atom. The van der Waals surface area contributed by atoms with Gasteiger partial charge in [0.05, 0.1) is 0 Å². The molecule has 0 spiro atoms. The molecule has 0 saturated carbocycles. The molecule has 2 N–H and O–H groups in total. The van der Waals surface area contributed by atoms with Crippen LogP contribution in [0.2, 0.25) is 0 Å². The third-order valence-corrected chi connectivity index (χ3v) is 1.63. The lowest BCUT2D eigenvalue weighted by molar-refractivity contribution is 0.908. The third-order valence-electron chi connectivity index (χ3n) is 1.43. The molecule has 80 valence electrons. The summed E-state index contributed by atoms with van der Waals surface area (Å²) in [4.78, 5) is 12.1. The Bertz CT molecular complexity index is 322. The largest absolute Gasteiger partial charge is 0.351 e. The number of aromatic nitrogens is 3. The zero-order chi connectivity index (χ0) is 11.1. The van der Waals surface area contributed by atoms with Crippen molar-refractivity contribution in [2.24, 2.45) is 0 Å². The van der Waals surface area contributed by atoms with Crippen LogP contribution < -0.4 is 10.6 Å². The van der Waals surface area contributed by atoms with E-state index in [1.807, 2.05) is 0 Å². The molecule has 0 amide bonds. The summed E-state index contributed by atoms with van der Waals surface area (Å²) < 4.78 is 0. The van der Waals surface area contributed by atoms with Crippen LogP contribution in [0.1, 0.15) is 0 Å². The Hall–Kier alpha value is -1.56. The summed E-state index contributed by atoms with van der Waals surface area (Å²) in [5.74, 6) is 0.947. The van der Waals surface area contributed by atoms with Crippen LogP contribution >= 0.6 is 12.6 Å². The van der Waals surface area contributed by atoms with Gasteiger partial charge in [-0.15, -0.1) is 25.8 Å². The number of thiol groups is 1. The van der Waals surface area contributed by atoms with Gasteiger partial charge in [-0.3, -0.25) is 0 Å². The molecule has 1 aromatic rings. The Balaban J connectivity index is 2.74. The zero-order valence-corrected chi connectivity index (χ0v) is 9.17. The van der Waals surface area contributed by atoms with Crippen LogP contribution in [0.15, 0.2) is 30.5 Å². The van der Waals surface area contributed by atoms with E-state index in [0.717, 1.165) is 0 Å². The molecule has 0 aliphatic carbocycles. The molecule has 0 fully saturated rings. The highest BCUT2D eigenvalue weighted by Crippen LogP contribution is 2.07. The van der Waals surface area contributed by atoms with Crippen molar-refractivity contribution in [3.05, 3.63) is 25.3 Å². The molecule has 1 aromatic heterocycles. The van der Waals surface area contributed by atoms with Crippen LogP contribution in [0.5, 0.6) is 0 Å². The van der Waals surface area contributed by atoms with Crippen LogP contribution in [-0.4, -0.2) is 28.0 Å². The van der Waals surface area contributed by atoms with Crippen molar-refractivity contribution in [3.63, 3.8) is 0 Å². The van der Waals surface area contributed by atoms with E-state index in [1.54, 1.807) is 12.2 Å². The molecule has 0 radical (unpaired) electrons. The minimum absolute atomic E-state index is 0.364. The lowest BCUT2D eigenvalue weighted by Crippen LogP contribution is -2.09. The molecule has 0 unspecified atom stereocenters. The quantitative estimate of drug-likeness (QED) is 0.502. The highest BCUT2D eigenvalue weighted by Gasteiger charge is 2.01. The lowest BCUT2D eigenvalue weighted by Gasteiger charge is -2.05. The van der Waals surface area contributed by atoms with Crippen molar-refractivity contribution < 1.29 is 0 Å². The molecule has 0 aliphatic heterocycles. The number of nitrogens with one attached hydrogen (secondary N) is 2. The summed E-state index contributed by atoms with van der Waals surface area (Å²) in [6.45, 7) is 8.37. The molecule has 1 rings (SSSR count). The Kier molecular flexibility index (Phi) is 4.62. The van der Waals surface area contributed by atoms with E-state index in [-0.39, 0.29) is 0 Å². The van der Waals surface area contributed by atoms with E-state index in [1.165, 1.54) is 0 Å². The van der Waals surface area contributed by atoms with Gasteiger partial charge in [-0.05, 0) is 0 Å². The highest BCUT2D eigenvalue weighted by molar-refractivity contribution is 7.80. The number of nitrogens with zero attached hydrogens (tertiary/aromatic N) is 3. The van der Waals surface area contributed by atoms with Gasteiger partial charge in [0.25, 0.3) is 0 Å². The average Bonchev–Trinajstić information content (AvgIpc) is 2.23. The zero-order valence-electron chi connectivity index (χ0n) is 8.27. The third kappa shape index (κ3) is 3.99. The van der Waals surface area contributed by atoms with Crippen molar-refractivity contribution >= 4 is 24.5 Å². The molecule has 0 aromatic carbocycles. The molecule has 15 heavy (non-hydrogen) atoms. The van der Waals surface area contributed by atoms with Gasteiger partial charge in [0, 0.05) is 13.1 Å². The van der Waals surface area contributed by atoms with Crippen molar-refractivity contribution in [2.45, 2.75) is 5.16 Å². The maximum absolute atomic E-state index is 4.12. The SMILES string of the molecule is C=CCNc1nc(S)nc(NCC=C)n1. The molecule has 1 heterocycles. The molecule has 6 heteroatoms. The maximum Gasteiger partial charge on any atom is 0.228 e. The minimum Gasteiger partial charge on any atom is -0.351 e. The first-order valence-corrected chi connectivity index (χ1v) is 4.85. The van der Waals surface area contributed by atoms with Crippen LogP contribution in [0, 0.1) is 0 Å². The lowest BCUT2D eigenvalue weighted by atomic mass is 10.6. The number of anilines is 2. The van der Waals surface area contributed by atoms with Crippen LogP contribution in [0.25, 0.3) is 0 Å². The maximum atomic E-state index is 4.12. The second kappa shape index (κ2) is 6.02. The van der Waals surface area contributed by atoms with Crippen LogP contribution in [0.3, 0.4) is 0 Å². The molecule has 0 aliphatic rings. The molecular formula is C9H13N5S. The van der Waals surface area contributed by atoms with Crippen molar-refractivity contribution in [1.82, 2.24) is 15.0 Å². The summed E-state index contributed by atoms with van der Waals surface area (Å²) in [5.41, 5.74) is 0. The van der Waals surface area contributed by atoms with Gasteiger partial charge >= 0.3 is 0 Å². The van der Waals surface area contributed by atoms with Gasteiger partial charge in [0.1, 0.15) is 0 Å². The molecule has 5 nitrogen and oxygen atoms in total. The van der Waals surface area contributed by atoms with E-state index in [9.17, 15) is 0 Å². The summed E-state index contributed by atoms with van der Waals surface area (Å²) in [7, 11) is 0. The van der Waals surface area contributed by atoms with Gasteiger partial charge in [0.15, 0.2) is 5.16 Å². The first-order valence-electron chi connectivity index (χ1n) is 4.41. The van der Waals surface area contributed by atoms with Gasteiger partial charge in [-0.1, -0.05) is 12.2 Å². The van der Waals surface area contributed by atoms with Gasteiger partial charge in [-0.25, -0.2) is 0 Å². The molecule has 0 bridgehead atoms. The van der Waals surface area contributed by atoms with Crippen LogP contribution in [-0.2, 0) is 0 Å². The van der Waals surface area contributed by atoms with Crippen molar-refractivity contribution in [1.29, 1.82) is 0 Å². The Morgan fingerprint density at radius 3 is 1.87 bits per heavy atom. The first kappa shape index (κ1) is 11.5. The first-order chi connectivity index (χ1) is 7.26. The molecule has 0 saturated heterocycles. The second-order valence-electron chi connectivity index (χ2n) is 2.62. The van der Waals surface area contributed by atoms with E-state index in [0.29, 0.717) is 30.1 Å².